The summed E-state index contributed by atoms with van der Waals surface area (Å²) in [6, 6.07) is 7.16. The van der Waals surface area contributed by atoms with Crippen LogP contribution in [-0.4, -0.2) is 23.1 Å². The van der Waals surface area contributed by atoms with Gasteiger partial charge < -0.3 is 9.64 Å². The number of hydrogen-bond donors (Lipinski definition) is 0. The van der Waals surface area contributed by atoms with E-state index in [2.05, 4.69) is 32.6 Å². The van der Waals surface area contributed by atoms with Crippen LogP contribution in [0.25, 0.3) is 0 Å². The molecule has 8 heteroatoms. The zero-order valence-electron chi connectivity index (χ0n) is 13.6. The fraction of sp³-hybridized carbons (Fsp3) is 0.412. The maximum atomic E-state index is 13.4. The smallest absolute Gasteiger partial charge is 0.421 e. The van der Waals surface area contributed by atoms with Crippen molar-refractivity contribution in [3.05, 3.63) is 39.6 Å². The number of benzene rings is 1. The number of ether oxygens (including phenoxy) is 1. The van der Waals surface area contributed by atoms with E-state index in [4.69, 9.17) is 4.74 Å². The van der Waals surface area contributed by atoms with Gasteiger partial charge in [0.05, 0.1) is 0 Å². The molecule has 0 unspecified atom stereocenters. The van der Waals surface area contributed by atoms with Gasteiger partial charge in [-0.15, -0.1) is 0 Å². The second-order valence-corrected chi connectivity index (χ2v) is 7.19. The minimum absolute atomic E-state index is 0.00717. The maximum Gasteiger partial charge on any atom is 0.421 e. The predicted molar refractivity (Wildman–Crippen MR) is 97.1 cm³/mol. The summed E-state index contributed by atoms with van der Waals surface area (Å²) in [6.45, 7) is 0. The minimum Gasteiger partial charge on any atom is -0.460 e. The number of aromatic nitrogens is 2. The van der Waals surface area contributed by atoms with Crippen molar-refractivity contribution in [3.8, 4) is 6.01 Å². The van der Waals surface area contributed by atoms with Gasteiger partial charge in [-0.05, 0) is 72.5 Å². The molecule has 1 saturated carbocycles. The lowest BCUT2D eigenvalue weighted by Gasteiger charge is -2.23. The second-order valence-electron chi connectivity index (χ2n) is 5.95. The summed E-state index contributed by atoms with van der Waals surface area (Å²) in [4.78, 5) is 9.26. The van der Waals surface area contributed by atoms with Crippen molar-refractivity contribution in [1.29, 1.82) is 0 Å². The fourth-order valence-corrected chi connectivity index (χ4v) is 3.17. The second kappa shape index (κ2) is 7.35. The molecule has 25 heavy (non-hydrogen) atoms. The zero-order chi connectivity index (χ0) is 18.0. The van der Waals surface area contributed by atoms with Crippen LogP contribution in [0.15, 0.2) is 30.5 Å². The summed E-state index contributed by atoms with van der Waals surface area (Å²) in [5.41, 5.74) is -0.274. The number of anilines is 2. The third-order valence-electron chi connectivity index (χ3n) is 4.16. The third kappa shape index (κ3) is 4.34. The zero-order valence-corrected chi connectivity index (χ0v) is 15.7. The van der Waals surface area contributed by atoms with Crippen LogP contribution in [0.1, 0.15) is 31.2 Å². The Morgan fingerprint density at radius 3 is 2.40 bits per heavy atom. The monoisotopic (exact) mass is 463 g/mol. The van der Waals surface area contributed by atoms with E-state index in [1.165, 1.54) is 4.90 Å². The fourth-order valence-electron chi connectivity index (χ4n) is 2.81. The van der Waals surface area contributed by atoms with E-state index < -0.39 is 11.7 Å². The molecule has 0 N–H and O–H groups in total. The van der Waals surface area contributed by atoms with Gasteiger partial charge in [0.1, 0.15) is 11.7 Å². The van der Waals surface area contributed by atoms with Gasteiger partial charge >= 0.3 is 12.2 Å². The first-order chi connectivity index (χ1) is 11.8. The molecule has 0 aliphatic heterocycles. The van der Waals surface area contributed by atoms with Crippen molar-refractivity contribution < 1.29 is 17.9 Å². The standard InChI is InChI=1S/C17H17F3IN3O/c1-24(12-8-6-11(21)7-9-12)15-14(17(18,19)20)10-22-16(23-15)25-13-4-2-3-5-13/h6-10,13H,2-5H2,1H3. The molecule has 0 spiro atoms. The first kappa shape index (κ1) is 18.2. The first-order valence-electron chi connectivity index (χ1n) is 7.95. The quantitative estimate of drug-likeness (QED) is 0.586. The van der Waals surface area contributed by atoms with Crippen LogP contribution in [0.5, 0.6) is 6.01 Å². The topological polar surface area (TPSA) is 38.2 Å². The molecule has 134 valence electrons. The number of hydrogen-bond acceptors (Lipinski definition) is 4. The van der Waals surface area contributed by atoms with Gasteiger partial charge in [0, 0.05) is 22.5 Å². The Morgan fingerprint density at radius 1 is 1.16 bits per heavy atom. The van der Waals surface area contributed by atoms with Crippen molar-refractivity contribution in [2.75, 3.05) is 11.9 Å². The van der Waals surface area contributed by atoms with Gasteiger partial charge in [0.15, 0.2) is 5.82 Å². The Kier molecular flexibility index (Phi) is 5.35. The number of nitrogens with zero attached hydrogens (tertiary/aromatic N) is 3. The van der Waals surface area contributed by atoms with E-state index >= 15 is 0 Å². The highest BCUT2D eigenvalue weighted by molar-refractivity contribution is 14.1. The SMILES string of the molecule is CN(c1ccc(I)cc1)c1nc(OC2CCCC2)ncc1C(F)(F)F. The maximum absolute atomic E-state index is 13.4. The van der Waals surface area contributed by atoms with E-state index in [1.807, 2.05) is 12.1 Å². The molecule has 1 aromatic carbocycles. The van der Waals surface area contributed by atoms with Crippen molar-refractivity contribution in [1.82, 2.24) is 9.97 Å². The molecular formula is C17H17F3IN3O. The summed E-state index contributed by atoms with van der Waals surface area (Å²) in [5, 5.41) is 0. The predicted octanol–water partition coefficient (Wildman–Crippen LogP) is 5.19. The molecule has 3 rings (SSSR count). The first-order valence-corrected chi connectivity index (χ1v) is 9.02. The summed E-state index contributed by atoms with van der Waals surface area (Å²) in [7, 11) is 1.55. The van der Waals surface area contributed by atoms with Crippen LogP contribution < -0.4 is 9.64 Å². The van der Waals surface area contributed by atoms with Crippen LogP contribution >= 0.6 is 22.6 Å². The minimum atomic E-state index is -4.54. The molecular weight excluding hydrogens is 446 g/mol. The van der Waals surface area contributed by atoms with Gasteiger partial charge in [0.2, 0.25) is 0 Å². The molecule has 0 amide bonds. The van der Waals surface area contributed by atoms with Gasteiger partial charge in [0.25, 0.3) is 0 Å². The molecule has 4 nitrogen and oxygen atoms in total. The van der Waals surface area contributed by atoms with Crippen LogP contribution in [0.4, 0.5) is 24.7 Å². The molecule has 0 saturated heterocycles. The highest BCUT2D eigenvalue weighted by atomic mass is 127. The normalized spacial score (nSPS) is 15.4. The van der Waals surface area contributed by atoms with Crippen LogP contribution in [0.3, 0.4) is 0 Å². The average Bonchev–Trinajstić information content (AvgIpc) is 3.07. The molecule has 1 aliphatic rings. The number of alkyl halides is 3. The van der Waals surface area contributed by atoms with Gasteiger partial charge in [-0.2, -0.15) is 18.2 Å². The van der Waals surface area contributed by atoms with E-state index in [0.29, 0.717) is 5.69 Å². The number of halogens is 4. The summed E-state index contributed by atoms with van der Waals surface area (Å²) in [5.74, 6) is -0.211. The van der Waals surface area contributed by atoms with Gasteiger partial charge in [-0.1, -0.05) is 0 Å². The van der Waals surface area contributed by atoms with Gasteiger partial charge in [-0.3, -0.25) is 0 Å². The van der Waals surface area contributed by atoms with Crippen LogP contribution in [-0.2, 0) is 6.18 Å². The van der Waals surface area contributed by atoms with Crippen molar-refractivity contribution in [2.45, 2.75) is 38.0 Å². The molecule has 1 aliphatic carbocycles. The van der Waals surface area contributed by atoms with E-state index in [0.717, 1.165) is 35.5 Å². The lowest BCUT2D eigenvalue weighted by molar-refractivity contribution is -0.137. The highest BCUT2D eigenvalue weighted by Gasteiger charge is 2.37. The molecule has 0 atom stereocenters. The third-order valence-corrected chi connectivity index (χ3v) is 4.88. The molecule has 2 aromatic rings. The largest absolute Gasteiger partial charge is 0.460 e. The van der Waals surface area contributed by atoms with Crippen LogP contribution in [0, 0.1) is 3.57 Å². The Hall–Kier alpha value is -1.58. The van der Waals surface area contributed by atoms with Gasteiger partial charge in [-0.25, -0.2) is 4.98 Å². The Balaban J connectivity index is 1.96. The lowest BCUT2D eigenvalue weighted by Crippen LogP contribution is -2.20. The van der Waals surface area contributed by atoms with Crippen molar-refractivity contribution in [3.63, 3.8) is 0 Å². The molecule has 0 radical (unpaired) electrons. The van der Waals surface area contributed by atoms with Crippen molar-refractivity contribution in [2.24, 2.45) is 0 Å². The Bertz CT molecular complexity index is 731. The molecule has 1 fully saturated rings. The molecule has 0 bridgehead atoms. The lowest BCUT2D eigenvalue weighted by atomic mass is 10.2. The van der Waals surface area contributed by atoms with E-state index in [-0.39, 0.29) is 17.9 Å². The number of rotatable bonds is 4. The average molecular weight is 463 g/mol. The Morgan fingerprint density at radius 2 is 1.80 bits per heavy atom. The van der Waals surface area contributed by atoms with E-state index in [9.17, 15) is 13.2 Å². The Labute approximate surface area is 157 Å². The van der Waals surface area contributed by atoms with E-state index in [1.54, 1.807) is 19.2 Å². The molecule has 1 heterocycles. The molecule has 1 aromatic heterocycles. The summed E-state index contributed by atoms with van der Waals surface area (Å²) in [6.07, 6.45) is 0.114. The summed E-state index contributed by atoms with van der Waals surface area (Å²) < 4.78 is 46.8. The summed E-state index contributed by atoms with van der Waals surface area (Å²) >= 11 is 2.14. The highest BCUT2D eigenvalue weighted by Crippen LogP contribution is 2.38. The van der Waals surface area contributed by atoms with Crippen LogP contribution in [0.2, 0.25) is 0 Å². The van der Waals surface area contributed by atoms with Crippen molar-refractivity contribution >= 4 is 34.1 Å².